The third-order valence-corrected chi connectivity index (χ3v) is 2.75. The summed E-state index contributed by atoms with van der Waals surface area (Å²) in [6, 6.07) is 0. The second-order valence-corrected chi connectivity index (χ2v) is 4.42. The van der Waals surface area contributed by atoms with Crippen LogP contribution in [0.3, 0.4) is 0 Å². The van der Waals surface area contributed by atoms with Gasteiger partial charge in [0.05, 0.1) is 13.2 Å². The Morgan fingerprint density at radius 2 is 2.33 bits per heavy atom. The molecule has 1 rings (SSSR count). The molecule has 88 valence electrons. The van der Waals surface area contributed by atoms with E-state index in [-0.39, 0.29) is 11.4 Å². The average molecular weight is 214 g/mol. The van der Waals surface area contributed by atoms with E-state index in [1.54, 1.807) is 0 Å². The lowest BCUT2D eigenvalue weighted by atomic mass is 10.0. The normalized spacial score (nSPS) is 25.5. The largest absolute Gasteiger partial charge is 0.379 e. The van der Waals surface area contributed by atoms with Crippen molar-refractivity contribution in [3.63, 3.8) is 0 Å². The summed E-state index contributed by atoms with van der Waals surface area (Å²) in [6.45, 7) is 6.88. The molecule has 0 aromatic heterocycles. The third kappa shape index (κ3) is 4.62. The lowest BCUT2D eigenvalue weighted by molar-refractivity contribution is -0.120. The minimum atomic E-state index is -0.0118. The van der Waals surface area contributed by atoms with E-state index in [1.165, 1.54) is 0 Å². The van der Waals surface area contributed by atoms with Crippen LogP contribution in [0.4, 0.5) is 0 Å². The van der Waals surface area contributed by atoms with Gasteiger partial charge in [-0.25, -0.2) is 0 Å². The highest BCUT2D eigenvalue weighted by Gasteiger charge is 2.29. The number of hydrogen-bond acceptors (Lipinski definition) is 3. The quantitative estimate of drug-likeness (QED) is 0.639. The van der Waals surface area contributed by atoms with Crippen LogP contribution in [0.2, 0.25) is 0 Å². The summed E-state index contributed by atoms with van der Waals surface area (Å²) in [7, 11) is 0. The zero-order chi connectivity index (χ0) is 11.1. The van der Waals surface area contributed by atoms with E-state index in [9.17, 15) is 4.79 Å². The summed E-state index contributed by atoms with van der Waals surface area (Å²) in [6.07, 6.45) is 3.14. The Morgan fingerprint density at radius 1 is 1.53 bits per heavy atom. The molecule has 0 aliphatic carbocycles. The average Bonchev–Trinajstić information content (AvgIpc) is 2.64. The third-order valence-electron chi connectivity index (χ3n) is 2.75. The minimum absolute atomic E-state index is 0.0118. The van der Waals surface area contributed by atoms with Crippen LogP contribution in [-0.4, -0.2) is 37.7 Å². The number of carbonyl (C=O) groups excluding carboxylic acids is 1. The molecule has 1 heterocycles. The molecule has 2 N–H and O–H groups in total. The predicted octanol–water partition coefficient (Wildman–Crippen LogP) is 0.671. The molecule has 1 saturated heterocycles. The molecule has 1 fully saturated rings. The lowest BCUT2D eigenvalue weighted by Gasteiger charge is -2.23. The number of ether oxygens (including phenoxy) is 1. The van der Waals surface area contributed by atoms with Crippen LogP contribution in [0.1, 0.15) is 33.1 Å². The van der Waals surface area contributed by atoms with Gasteiger partial charge >= 0.3 is 0 Å². The van der Waals surface area contributed by atoms with Gasteiger partial charge in [0.1, 0.15) is 0 Å². The number of nitrogens with one attached hydrogen (secondary N) is 2. The molecule has 0 aromatic carbocycles. The molecule has 0 aromatic rings. The number of carbonyl (C=O) groups is 1. The van der Waals surface area contributed by atoms with E-state index in [2.05, 4.69) is 24.5 Å². The van der Waals surface area contributed by atoms with Crippen LogP contribution < -0.4 is 10.6 Å². The zero-order valence-corrected chi connectivity index (χ0v) is 9.77. The van der Waals surface area contributed by atoms with Crippen molar-refractivity contribution in [2.45, 2.75) is 38.6 Å². The number of rotatable bonds is 6. The van der Waals surface area contributed by atoms with Crippen molar-refractivity contribution in [2.75, 3.05) is 26.3 Å². The van der Waals surface area contributed by atoms with Gasteiger partial charge in [0.15, 0.2) is 0 Å². The monoisotopic (exact) mass is 214 g/mol. The van der Waals surface area contributed by atoms with Gasteiger partial charge in [-0.2, -0.15) is 0 Å². The van der Waals surface area contributed by atoms with Crippen molar-refractivity contribution in [2.24, 2.45) is 0 Å². The smallest absolute Gasteiger partial charge is 0.233 e. The molecule has 0 bridgehead atoms. The van der Waals surface area contributed by atoms with Gasteiger partial charge in [-0.3, -0.25) is 4.79 Å². The number of unbranched alkanes of at least 4 members (excludes halogenated alkanes) is 1. The Labute approximate surface area is 91.8 Å². The molecule has 0 radical (unpaired) electrons. The summed E-state index contributed by atoms with van der Waals surface area (Å²) >= 11 is 0. The second-order valence-electron chi connectivity index (χ2n) is 4.42. The maximum atomic E-state index is 11.4. The van der Waals surface area contributed by atoms with Crippen LogP contribution in [0.5, 0.6) is 0 Å². The Hall–Kier alpha value is -0.610. The second kappa shape index (κ2) is 6.08. The van der Waals surface area contributed by atoms with Crippen molar-refractivity contribution in [3.05, 3.63) is 0 Å². The number of hydrogen-bond donors (Lipinski definition) is 2. The summed E-state index contributed by atoms with van der Waals surface area (Å²) in [5.41, 5.74) is -0.0118. The first-order valence-corrected chi connectivity index (χ1v) is 5.76. The van der Waals surface area contributed by atoms with Gasteiger partial charge < -0.3 is 15.4 Å². The summed E-state index contributed by atoms with van der Waals surface area (Å²) in [4.78, 5) is 11.4. The van der Waals surface area contributed by atoms with Crippen molar-refractivity contribution in [3.8, 4) is 0 Å². The predicted molar refractivity (Wildman–Crippen MR) is 59.8 cm³/mol. The first-order valence-electron chi connectivity index (χ1n) is 5.76. The van der Waals surface area contributed by atoms with Crippen LogP contribution in [0.15, 0.2) is 0 Å². The topological polar surface area (TPSA) is 50.4 Å². The summed E-state index contributed by atoms with van der Waals surface area (Å²) < 4.78 is 5.30. The molecule has 0 saturated carbocycles. The Morgan fingerprint density at radius 3 is 2.93 bits per heavy atom. The molecule has 15 heavy (non-hydrogen) atoms. The maximum Gasteiger partial charge on any atom is 0.233 e. The van der Waals surface area contributed by atoms with Crippen molar-refractivity contribution in [1.82, 2.24) is 10.6 Å². The zero-order valence-electron chi connectivity index (χ0n) is 9.77. The molecule has 1 unspecified atom stereocenters. The molecular formula is C11H22N2O2. The van der Waals surface area contributed by atoms with Gasteiger partial charge in [0, 0.05) is 18.7 Å². The van der Waals surface area contributed by atoms with E-state index in [0.717, 1.165) is 32.4 Å². The molecule has 1 aliphatic heterocycles. The van der Waals surface area contributed by atoms with Crippen molar-refractivity contribution in [1.29, 1.82) is 0 Å². The first kappa shape index (κ1) is 12.5. The fourth-order valence-corrected chi connectivity index (χ4v) is 1.57. The summed E-state index contributed by atoms with van der Waals surface area (Å²) in [5.74, 6) is 0.0802. The van der Waals surface area contributed by atoms with E-state index in [1.807, 2.05) is 0 Å². The SMILES string of the molecule is CCCCNC(=O)CNC1(C)CCOC1. The van der Waals surface area contributed by atoms with Crippen LogP contribution in [0.25, 0.3) is 0 Å². The molecular weight excluding hydrogens is 192 g/mol. The fraction of sp³-hybridized carbons (Fsp3) is 0.909. The highest BCUT2D eigenvalue weighted by atomic mass is 16.5. The Kier molecular flexibility index (Phi) is 5.05. The summed E-state index contributed by atoms with van der Waals surface area (Å²) in [5, 5.41) is 6.13. The standard InChI is InChI=1S/C11H22N2O2/c1-3-4-6-12-10(14)8-13-11(2)5-7-15-9-11/h13H,3-9H2,1-2H3,(H,12,14). The molecule has 1 atom stereocenters. The highest BCUT2D eigenvalue weighted by Crippen LogP contribution is 2.16. The fourth-order valence-electron chi connectivity index (χ4n) is 1.57. The first-order chi connectivity index (χ1) is 7.16. The van der Waals surface area contributed by atoms with Gasteiger partial charge in [-0.15, -0.1) is 0 Å². The maximum absolute atomic E-state index is 11.4. The van der Waals surface area contributed by atoms with E-state index >= 15 is 0 Å². The molecule has 0 spiro atoms. The highest BCUT2D eigenvalue weighted by molar-refractivity contribution is 5.78. The van der Waals surface area contributed by atoms with Crippen molar-refractivity contribution < 1.29 is 9.53 Å². The van der Waals surface area contributed by atoms with Gasteiger partial charge in [-0.1, -0.05) is 13.3 Å². The minimum Gasteiger partial charge on any atom is -0.379 e. The lowest BCUT2D eigenvalue weighted by Crippen LogP contribution is -2.47. The van der Waals surface area contributed by atoms with Crippen LogP contribution in [0, 0.1) is 0 Å². The van der Waals surface area contributed by atoms with E-state index in [4.69, 9.17) is 4.74 Å². The van der Waals surface area contributed by atoms with Gasteiger partial charge in [-0.05, 0) is 19.8 Å². The molecule has 1 amide bonds. The molecule has 1 aliphatic rings. The Bertz CT molecular complexity index is 201. The van der Waals surface area contributed by atoms with Crippen LogP contribution >= 0.6 is 0 Å². The Balaban J connectivity index is 2.10. The van der Waals surface area contributed by atoms with Gasteiger partial charge in [0.2, 0.25) is 5.91 Å². The van der Waals surface area contributed by atoms with Crippen LogP contribution in [-0.2, 0) is 9.53 Å². The molecule has 4 heteroatoms. The number of amides is 1. The van der Waals surface area contributed by atoms with E-state index < -0.39 is 0 Å². The van der Waals surface area contributed by atoms with Gasteiger partial charge in [0.25, 0.3) is 0 Å². The van der Waals surface area contributed by atoms with E-state index in [0.29, 0.717) is 13.2 Å². The van der Waals surface area contributed by atoms with Crippen molar-refractivity contribution >= 4 is 5.91 Å². The molecule has 4 nitrogen and oxygen atoms in total.